The van der Waals surface area contributed by atoms with Crippen LogP contribution in [0.2, 0.25) is 0 Å². The van der Waals surface area contributed by atoms with Gasteiger partial charge in [-0.15, -0.1) is 5.10 Å². The first-order chi connectivity index (χ1) is 16.7. The van der Waals surface area contributed by atoms with E-state index in [2.05, 4.69) is 32.8 Å². The molecule has 12 nitrogen and oxygen atoms in total. The summed E-state index contributed by atoms with van der Waals surface area (Å²) in [6.45, 7) is 7.60. The van der Waals surface area contributed by atoms with Gasteiger partial charge in [-0.2, -0.15) is 0 Å². The minimum Gasteiger partial charge on any atom is -0.445 e. The summed E-state index contributed by atoms with van der Waals surface area (Å²) in [5, 5.41) is 25.6. The van der Waals surface area contributed by atoms with Crippen LogP contribution < -0.4 is 21.7 Å². The highest BCUT2D eigenvalue weighted by molar-refractivity contribution is 5.93. The summed E-state index contributed by atoms with van der Waals surface area (Å²) < 4.78 is 6.44. The molecule has 0 unspecified atom stereocenters. The molecular weight excluding hydrogens is 454 g/mol. The number of aliphatic hydroxyl groups excluding tert-OH is 1. The highest BCUT2D eigenvalue weighted by Crippen LogP contribution is 2.23. The lowest BCUT2D eigenvalue weighted by molar-refractivity contribution is -0.119. The number of nitrogens with one attached hydrogen (secondary N) is 3. The molecule has 1 aromatic heterocycles. The van der Waals surface area contributed by atoms with Gasteiger partial charge in [-0.1, -0.05) is 43.8 Å². The third kappa shape index (κ3) is 8.74. The summed E-state index contributed by atoms with van der Waals surface area (Å²) in [4.78, 5) is 36.2. The van der Waals surface area contributed by atoms with E-state index < -0.39 is 24.2 Å². The molecule has 1 heterocycles. The highest BCUT2D eigenvalue weighted by Gasteiger charge is 2.26. The monoisotopic (exact) mass is 487 g/mol. The zero-order valence-electron chi connectivity index (χ0n) is 19.9. The molecule has 2 rings (SSSR count). The van der Waals surface area contributed by atoms with Crippen molar-refractivity contribution in [3.05, 3.63) is 54.4 Å². The van der Waals surface area contributed by atoms with Crippen molar-refractivity contribution in [3.63, 3.8) is 0 Å². The van der Waals surface area contributed by atoms with E-state index in [9.17, 15) is 19.5 Å². The van der Waals surface area contributed by atoms with E-state index in [0.717, 1.165) is 5.56 Å². The molecule has 0 aliphatic rings. The fourth-order valence-corrected chi connectivity index (χ4v) is 3.28. The van der Waals surface area contributed by atoms with Gasteiger partial charge in [0.2, 0.25) is 5.91 Å². The van der Waals surface area contributed by atoms with Gasteiger partial charge in [0.05, 0.1) is 18.8 Å². The average Bonchev–Trinajstić information content (AvgIpc) is 3.30. The van der Waals surface area contributed by atoms with Crippen molar-refractivity contribution >= 4 is 23.7 Å². The lowest BCUT2D eigenvalue weighted by Gasteiger charge is -2.20. The Hall–Kier alpha value is -3.93. The number of carbonyl (C=O) groups excluding carboxylic acids is 3. The molecule has 190 valence electrons. The summed E-state index contributed by atoms with van der Waals surface area (Å²) in [5.74, 6) is -0.370. The molecule has 4 amide bonds. The van der Waals surface area contributed by atoms with Crippen LogP contribution in [0, 0.1) is 5.92 Å². The number of rotatable bonds is 13. The van der Waals surface area contributed by atoms with Crippen molar-refractivity contribution in [2.45, 2.75) is 45.4 Å². The van der Waals surface area contributed by atoms with Gasteiger partial charge in [-0.25, -0.2) is 14.3 Å². The second-order valence-electron chi connectivity index (χ2n) is 8.17. The molecule has 6 N–H and O–H groups in total. The number of ether oxygens (including phenoxy) is 1. The van der Waals surface area contributed by atoms with Crippen LogP contribution in [0.5, 0.6) is 0 Å². The van der Waals surface area contributed by atoms with Crippen LogP contribution in [0.1, 0.15) is 50.0 Å². The summed E-state index contributed by atoms with van der Waals surface area (Å²) in [6, 6.07) is 4.91. The molecule has 0 bridgehead atoms. The Balaban J connectivity index is 2.21. The molecule has 0 aliphatic heterocycles. The summed E-state index contributed by atoms with van der Waals surface area (Å²) in [6.07, 6.45) is 3.26. The molecule has 2 atom stereocenters. The number of hydrogen-bond donors (Lipinski definition) is 5. The second-order valence-corrected chi connectivity index (χ2v) is 8.17. The Morgan fingerprint density at radius 2 is 1.97 bits per heavy atom. The lowest BCUT2D eigenvalue weighted by atomic mass is 10.0. The molecule has 0 radical (unpaired) electrons. The number of hydrogen-bond acceptors (Lipinski definition) is 7. The fourth-order valence-electron chi connectivity index (χ4n) is 3.28. The van der Waals surface area contributed by atoms with Gasteiger partial charge in [0.15, 0.2) is 0 Å². The summed E-state index contributed by atoms with van der Waals surface area (Å²) in [5.41, 5.74) is 6.86. The van der Waals surface area contributed by atoms with E-state index in [-0.39, 0.29) is 31.6 Å². The smallest absolute Gasteiger partial charge is 0.407 e. The van der Waals surface area contributed by atoms with Gasteiger partial charge in [0.25, 0.3) is 0 Å². The Morgan fingerprint density at radius 1 is 1.26 bits per heavy atom. The van der Waals surface area contributed by atoms with Crippen molar-refractivity contribution in [1.82, 2.24) is 25.6 Å². The second kappa shape index (κ2) is 13.7. The van der Waals surface area contributed by atoms with Crippen LogP contribution in [0.4, 0.5) is 15.3 Å². The SMILES string of the molecule is C=CCOC(=O)N[C@H](c1cn([C@@H](CCCNC(N)=O)C(=O)Nc2ccc(CO)cc2)nn1)C(C)C. The number of aromatic nitrogens is 3. The number of urea groups is 1. The Kier molecular flexibility index (Phi) is 10.7. The van der Waals surface area contributed by atoms with Crippen LogP contribution >= 0.6 is 0 Å². The quantitative estimate of drug-likeness (QED) is 0.212. The first kappa shape index (κ1) is 27.3. The van der Waals surface area contributed by atoms with Crippen molar-refractivity contribution in [2.75, 3.05) is 18.5 Å². The van der Waals surface area contributed by atoms with Crippen LogP contribution in [-0.2, 0) is 16.1 Å². The van der Waals surface area contributed by atoms with E-state index in [0.29, 0.717) is 24.2 Å². The van der Waals surface area contributed by atoms with Crippen LogP contribution in [-0.4, -0.2) is 51.3 Å². The zero-order chi connectivity index (χ0) is 25.8. The first-order valence-electron chi connectivity index (χ1n) is 11.2. The molecule has 1 aromatic carbocycles. The number of anilines is 1. The number of carbonyl (C=O) groups is 3. The number of nitrogens with zero attached hydrogens (tertiary/aromatic N) is 3. The molecule has 0 saturated carbocycles. The molecular formula is C23H33N7O5. The maximum absolute atomic E-state index is 13.1. The van der Waals surface area contributed by atoms with Gasteiger partial charge in [-0.05, 0) is 36.5 Å². The molecule has 0 spiro atoms. The van der Waals surface area contributed by atoms with Gasteiger partial charge in [0, 0.05) is 12.2 Å². The number of benzene rings is 1. The minimum absolute atomic E-state index is 0.0338. The van der Waals surface area contributed by atoms with E-state index in [4.69, 9.17) is 10.5 Å². The van der Waals surface area contributed by atoms with E-state index >= 15 is 0 Å². The third-order valence-corrected chi connectivity index (χ3v) is 5.10. The molecule has 0 aliphatic carbocycles. The van der Waals surface area contributed by atoms with Crippen LogP contribution in [0.15, 0.2) is 43.1 Å². The lowest BCUT2D eigenvalue weighted by Crippen LogP contribution is -2.32. The maximum atomic E-state index is 13.1. The number of aliphatic hydroxyl groups is 1. The highest BCUT2D eigenvalue weighted by atomic mass is 16.5. The Morgan fingerprint density at radius 3 is 2.57 bits per heavy atom. The maximum Gasteiger partial charge on any atom is 0.407 e. The van der Waals surface area contributed by atoms with Crippen LogP contribution in [0.25, 0.3) is 0 Å². The fraction of sp³-hybridized carbons (Fsp3) is 0.435. The number of primary amides is 1. The Labute approximate surface area is 203 Å². The van der Waals surface area contributed by atoms with Crippen molar-refractivity contribution < 1.29 is 24.2 Å². The number of nitrogens with two attached hydrogens (primary N) is 1. The van der Waals surface area contributed by atoms with Gasteiger partial charge in [-0.3, -0.25) is 4.79 Å². The Bertz CT molecular complexity index is 990. The topological polar surface area (TPSA) is 173 Å². The van der Waals surface area contributed by atoms with E-state index in [1.54, 1.807) is 30.5 Å². The predicted octanol–water partition coefficient (Wildman–Crippen LogP) is 2.01. The normalized spacial score (nSPS) is 12.5. The van der Waals surface area contributed by atoms with Gasteiger partial charge in [0.1, 0.15) is 18.3 Å². The van der Waals surface area contributed by atoms with E-state index in [1.165, 1.54) is 10.8 Å². The minimum atomic E-state index is -0.746. The molecule has 0 fully saturated rings. The molecule has 35 heavy (non-hydrogen) atoms. The summed E-state index contributed by atoms with van der Waals surface area (Å²) in [7, 11) is 0. The summed E-state index contributed by atoms with van der Waals surface area (Å²) >= 11 is 0. The van der Waals surface area contributed by atoms with Gasteiger partial charge < -0.3 is 31.5 Å². The predicted molar refractivity (Wildman–Crippen MR) is 129 cm³/mol. The largest absolute Gasteiger partial charge is 0.445 e. The van der Waals surface area contributed by atoms with E-state index in [1.807, 2.05) is 13.8 Å². The van der Waals surface area contributed by atoms with Crippen molar-refractivity contribution in [3.8, 4) is 0 Å². The standard InChI is InChI=1S/C23H33N7O5/c1-4-12-35-23(34)27-20(15(2)3)18-13-30(29-28-18)19(6-5-11-25-22(24)33)21(32)26-17-9-7-16(14-31)8-10-17/h4,7-10,13,15,19-20,31H,1,5-6,11-12,14H2,2-3H3,(H,26,32)(H,27,34)(H3,24,25,33)/t19-,20-/m0/s1. The van der Waals surface area contributed by atoms with Crippen LogP contribution in [0.3, 0.4) is 0 Å². The number of amides is 4. The first-order valence-corrected chi connectivity index (χ1v) is 11.2. The molecule has 0 saturated heterocycles. The van der Waals surface area contributed by atoms with Crippen molar-refractivity contribution in [1.29, 1.82) is 0 Å². The molecule has 12 heteroatoms. The third-order valence-electron chi connectivity index (χ3n) is 5.10. The zero-order valence-corrected chi connectivity index (χ0v) is 19.9. The molecule has 2 aromatic rings. The van der Waals surface area contributed by atoms with Crippen molar-refractivity contribution in [2.24, 2.45) is 11.7 Å². The van der Waals surface area contributed by atoms with Gasteiger partial charge >= 0.3 is 12.1 Å². The average molecular weight is 488 g/mol. The number of alkyl carbamates (subject to hydrolysis) is 1.